The predicted octanol–water partition coefficient (Wildman–Crippen LogP) is 4.72. The van der Waals surface area contributed by atoms with Crippen LogP contribution in [0.5, 0.6) is 5.75 Å². The fourth-order valence-corrected chi connectivity index (χ4v) is 2.91. The number of nitrogens with zero attached hydrogens (tertiary/aromatic N) is 1. The Hall–Kier alpha value is -2.06. The van der Waals surface area contributed by atoms with E-state index in [1.807, 2.05) is 6.07 Å². The van der Waals surface area contributed by atoms with Crippen LogP contribution in [0.15, 0.2) is 54.6 Å². The molecule has 2 aromatic rings. The third-order valence-corrected chi connectivity index (χ3v) is 4.27. The van der Waals surface area contributed by atoms with Gasteiger partial charge in [0.25, 0.3) is 0 Å². The highest BCUT2D eigenvalue weighted by Gasteiger charge is 2.09. The van der Waals surface area contributed by atoms with E-state index in [0.717, 1.165) is 18.9 Å². The number of ether oxygens (including phenoxy) is 1. The molecule has 23 heavy (non-hydrogen) atoms. The van der Waals surface area contributed by atoms with Crippen LogP contribution in [-0.4, -0.2) is 31.1 Å². The summed E-state index contributed by atoms with van der Waals surface area (Å²) in [6.45, 7) is 4.27. The molecule has 0 saturated carbocycles. The van der Waals surface area contributed by atoms with Gasteiger partial charge in [-0.1, -0.05) is 61.0 Å². The summed E-state index contributed by atoms with van der Waals surface area (Å²) in [4.78, 5) is 2.50. The summed E-state index contributed by atoms with van der Waals surface area (Å²) in [5.41, 5.74) is 2.41. The Morgan fingerprint density at radius 3 is 2.13 bits per heavy atom. The molecule has 0 unspecified atom stereocenters. The van der Waals surface area contributed by atoms with Crippen LogP contribution in [0, 0.1) is 0 Å². The van der Waals surface area contributed by atoms with Crippen molar-refractivity contribution in [3.8, 4) is 5.75 Å². The molecule has 0 spiro atoms. The minimum Gasteiger partial charge on any atom is -0.492 e. The van der Waals surface area contributed by atoms with Gasteiger partial charge in [0.15, 0.2) is 0 Å². The van der Waals surface area contributed by atoms with E-state index in [2.05, 4.69) is 65.6 Å². The first kappa shape index (κ1) is 15.8. The second kappa shape index (κ2) is 8.54. The smallest absolute Gasteiger partial charge is 0.119 e. The minimum absolute atomic E-state index is 0.777. The molecule has 1 heterocycles. The lowest BCUT2D eigenvalue weighted by Gasteiger charge is -2.26. The van der Waals surface area contributed by atoms with Crippen molar-refractivity contribution in [3.05, 3.63) is 65.7 Å². The van der Waals surface area contributed by atoms with Gasteiger partial charge in [-0.05, 0) is 49.2 Å². The Bertz CT molecular complexity index is 597. The lowest BCUT2D eigenvalue weighted by atomic mass is 10.1. The second-order valence-electron chi connectivity index (χ2n) is 6.06. The fourth-order valence-electron chi connectivity index (χ4n) is 2.91. The summed E-state index contributed by atoms with van der Waals surface area (Å²) in [7, 11) is 0. The molecular weight excluding hydrogens is 282 g/mol. The van der Waals surface area contributed by atoms with E-state index in [-0.39, 0.29) is 0 Å². The molecule has 2 nitrogen and oxygen atoms in total. The standard InChI is InChI=1S/C21H25NO/c1-3-7-19(8-4-1)9-10-20-11-13-21(14-12-20)23-18-17-22-15-5-2-6-16-22/h1,3-4,7-14H,2,5-6,15-18H2/b10-9+. The number of hydrogen-bond donors (Lipinski definition) is 0. The number of hydrogen-bond acceptors (Lipinski definition) is 2. The molecule has 3 rings (SSSR count). The molecule has 1 fully saturated rings. The van der Waals surface area contributed by atoms with Crippen LogP contribution in [-0.2, 0) is 0 Å². The molecule has 0 N–H and O–H groups in total. The topological polar surface area (TPSA) is 12.5 Å². The van der Waals surface area contributed by atoms with Crippen molar-refractivity contribution in [2.75, 3.05) is 26.2 Å². The molecule has 1 aliphatic rings. The zero-order valence-electron chi connectivity index (χ0n) is 13.7. The van der Waals surface area contributed by atoms with Crippen molar-refractivity contribution in [1.82, 2.24) is 4.90 Å². The molecule has 0 aliphatic carbocycles. The predicted molar refractivity (Wildman–Crippen MR) is 97.6 cm³/mol. The Labute approximate surface area is 139 Å². The lowest BCUT2D eigenvalue weighted by Crippen LogP contribution is -2.33. The Balaban J connectivity index is 1.46. The van der Waals surface area contributed by atoms with Crippen molar-refractivity contribution in [3.63, 3.8) is 0 Å². The van der Waals surface area contributed by atoms with Crippen LogP contribution >= 0.6 is 0 Å². The van der Waals surface area contributed by atoms with Crippen LogP contribution in [0.1, 0.15) is 30.4 Å². The minimum atomic E-state index is 0.777. The van der Waals surface area contributed by atoms with E-state index in [1.165, 1.54) is 43.5 Å². The molecule has 0 amide bonds. The van der Waals surface area contributed by atoms with Gasteiger partial charge in [0.05, 0.1) is 0 Å². The molecule has 2 heteroatoms. The van der Waals surface area contributed by atoms with Crippen molar-refractivity contribution in [2.24, 2.45) is 0 Å². The first-order valence-corrected chi connectivity index (χ1v) is 8.58. The highest BCUT2D eigenvalue weighted by atomic mass is 16.5. The van der Waals surface area contributed by atoms with Gasteiger partial charge >= 0.3 is 0 Å². The molecule has 0 bridgehead atoms. The van der Waals surface area contributed by atoms with Gasteiger partial charge < -0.3 is 4.74 Å². The molecule has 0 radical (unpaired) electrons. The van der Waals surface area contributed by atoms with Crippen molar-refractivity contribution in [1.29, 1.82) is 0 Å². The summed E-state index contributed by atoms with van der Waals surface area (Å²) in [6.07, 6.45) is 8.32. The van der Waals surface area contributed by atoms with Crippen LogP contribution in [0.4, 0.5) is 0 Å². The Morgan fingerprint density at radius 2 is 1.43 bits per heavy atom. The SMILES string of the molecule is C(=C\c1ccc(OCCN2CCCCC2)cc1)/c1ccccc1. The van der Waals surface area contributed by atoms with Gasteiger partial charge in [0.1, 0.15) is 12.4 Å². The average molecular weight is 307 g/mol. The van der Waals surface area contributed by atoms with Crippen molar-refractivity contribution < 1.29 is 4.74 Å². The fraction of sp³-hybridized carbons (Fsp3) is 0.333. The zero-order valence-corrected chi connectivity index (χ0v) is 13.7. The second-order valence-corrected chi connectivity index (χ2v) is 6.06. The maximum Gasteiger partial charge on any atom is 0.119 e. The average Bonchev–Trinajstić information content (AvgIpc) is 2.63. The molecule has 0 atom stereocenters. The highest BCUT2D eigenvalue weighted by molar-refractivity contribution is 5.69. The van der Waals surface area contributed by atoms with Crippen molar-refractivity contribution >= 4 is 12.2 Å². The van der Waals surface area contributed by atoms with Crippen LogP contribution < -0.4 is 4.74 Å². The van der Waals surface area contributed by atoms with Gasteiger partial charge in [-0.3, -0.25) is 4.90 Å². The monoisotopic (exact) mass is 307 g/mol. The van der Waals surface area contributed by atoms with Gasteiger partial charge in [-0.2, -0.15) is 0 Å². The van der Waals surface area contributed by atoms with E-state index >= 15 is 0 Å². The largest absolute Gasteiger partial charge is 0.492 e. The van der Waals surface area contributed by atoms with Crippen LogP contribution in [0.2, 0.25) is 0 Å². The molecule has 2 aromatic carbocycles. The zero-order chi connectivity index (χ0) is 15.7. The first-order chi connectivity index (χ1) is 11.4. The van der Waals surface area contributed by atoms with E-state index in [1.54, 1.807) is 0 Å². The molecule has 120 valence electrons. The van der Waals surface area contributed by atoms with E-state index < -0.39 is 0 Å². The Kier molecular flexibility index (Phi) is 5.87. The summed E-state index contributed by atoms with van der Waals surface area (Å²) >= 11 is 0. The van der Waals surface area contributed by atoms with E-state index in [0.29, 0.717) is 0 Å². The number of piperidine rings is 1. The lowest BCUT2D eigenvalue weighted by molar-refractivity contribution is 0.183. The molecule has 1 saturated heterocycles. The van der Waals surface area contributed by atoms with Crippen LogP contribution in [0.25, 0.3) is 12.2 Å². The van der Waals surface area contributed by atoms with E-state index in [9.17, 15) is 0 Å². The van der Waals surface area contributed by atoms with E-state index in [4.69, 9.17) is 4.74 Å². The number of likely N-dealkylation sites (tertiary alicyclic amines) is 1. The maximum atomic E-state index is 5.86. The van der Waals surface area contributed by atoms with Crippen LogP contribution in [0.3, 0.4) is 0 Å². The number of rotatable bonds is 6. The van der Waals surface area contributed by atoms with Crippen molar-refractivity contribution in [2.45, 2.75) is 19.3 Å². The third-order valence-electron chi connectivity index (χ3n) is 4.27. The van der Waals surface area contributed by atoms with Gasteiger partial charge in [0, 0.05) is 6.54 Å². The first-order valence-electron chi connectivity index (χ1n) is 8.58. The van der Waals surface area contributed by atoms with Gasteiger partial charge in [-0.25, -0.2) is 0 Å². The normalized spacial score (nSPS) is 15.8. The quantitative estimate of drug-likeness (QED) is 0.716. The highest BCUT2D eigenvalue weighted by Crippen LogP contribution is 2.15. The molecule has 1 aliphatic heterocycles. The maximum absolute atomic E-state index is 5.86. The molecular formula is C21H25NO. The van der Waals surface area contributed by atoms with Gasteiger partial charge in [-0.15, -0.1) is 0 Å². The third kappa shape index (κ3) is 5.26. The molecule has 0 aromatic heterocycles. The summed E-state index contributed by atoms with van der Waals surface area (Å²) in [6, 6.07) is 18.7. The number of benzene rings is 2. The van der Waals surface area contributed by atoms with Gasteiger partial charge in [0.2, 0.25) is 0 Å². The summed E-state index contributed by atoms with van der Waals surface area (Å²) in [5.74, 6) is 0.957. The summed E-state index contributed by atoms with van der Waals surface area (Å²) in [5, 5.41) is 0. The Morgan fingerprint density at radius 1 is 0.783 bits per heavy atom. The summed E-state index contributed by atoms with van der Waals surface area (Å²) < 4.78 is 5.86.